The minimum Gasteiger partial charge on any atom is -0.504 e. The van der Waals surface area contributed by atoms with Gasteiger partial charge in [0.05, 0.1) is 12.8 Å². The molecule has 3 N–H and O–H groups in total. The van der Waals surface area contributed by atoms with E-state index in [2.05, 4.69) is 15.8 Å². The summed E-state index contributed by atoms with van der Waals surface area (Å²) in [5.41, 5.74) is 2.83. The topological polar surface area (TPSA) is 100 Å². The largest absolute Gasteiger partial charge is 0.504 e. The first-order valence-corrected chi connectivity index (χ1v) is 8.20. The van der Waals surface area contributed by atoms with Crippen molar-refractivity contribution in [2.24, 2.45) is 5.10 Å². The average molecular weight is 333 g/mol. The summed E-state index contributed by atoms with van der Waals surface area (Å²) in [7, 11) is 0. The molecule has 7 heteroatoms. The van der Waals surface area contributed by atoms with Crippen LogP contribution in [-0.2, 0) is 9.59 Å². The SMILES string of the molecule is CCOc1cc(/C=N\NC(=O)C(=O)NC2CCCCC2)ccc1O. The first-order chi connectivity index (χ1) is 11.6. The Labute approximate surface area is 141 Å². The van der Waals surface area contributed by atoms with Crippen molar-refractivity contribution < 1.29 is 19.4 Å². The number of benzene rings is 1. The summed E-state index contributed by atoms with van der Waals surface area (Å²) in [6, 6.07) is 4.77. The molecule has 1 aromatic carbocycles. The van der Waals surface area contributed by atoms with E-state index in [-0.39, 0.29) is 11.8 Å². The molecule has 2 rings (SSSR count). The summed E-state index contributed by atoms with van der Waals surface area (Å²) in [4.78, 5) is 23.5. The van der Waals surface area contributed by atoms with Crippen LogP contribution in [0.1, 0.15) is 44.6 Å². The molecule has 0 unspecified atom stereocenters. The van der Waals surface area contributed by atoms with Crippen molar-refractivity contribution in [2.45, 2.75) is 45.1 Å². The summed E-state index contributed by atoms with van der Waals surface area (Å²) in [6.07, 6.45) is 6.54. The monoisotopic (exact) mass is 333 g/mol. The van der Waals surface area contributed by atoms with Gasteiger partial charge >= 0.3 is 11.8 Å². The zero-order chi connectivity index (χ0) is 17.4. The van der Waals surface area contributed by atoms with Crippen LogP contribution in [0, 0.1) is 0 Å². The Balaban J connectivity index is 1.85. The number of carbonyl (C=O) groups excluding carboxylic acids is 2. The Morgan fingerprint density at radius 2 is 2.04 bits per heavy atom. The molecule has 2 amide bonds. The van der Waals surface area contributed by atoms with Crippen molar-refractivity contribution in [2.75, 3.05) is 6.61 Å². The Morgan fingerprint density at radius 1 is 1.29 bits per heavy atom. The molecule has 1 aromatic rings. The smallest absolute Gasteiger partial charge is 0.329 e. The van der Waals surface area contributed by atoms with Crippen LogP contribution in [0.4, 0.5) is 0 Å². The third-order valence-electron chi connectivity index (χ3n) is 3.81. The van der Waals surface area contributed by atoms with E-state index in [4.69, 9.17) is 4.74 Å². The van der Waals surface area contributed by atoms with Crippen LogP contribution < -0.4 is 15.5 Å². The number of nitrogens with one attached hydrogen (secondary N) is 2. The minimum atomic E-state index is -0.791. The summed E-state index contributed by atoms with van der Waals surface area (Å²) >= 11 is 0. The predicted molar refractivity (Wildman–Crippen MR) is 90.0 cm³/mol. The van der Waals surface area contributed by atoms with Gasteiger partial charge in [0, 0.05) is 6.04 Å². The van der Waals surface area contributed by atoms with Crippen LogP contribution in [0.2, 0.25) is 0 Å². The fraction of sp³-hybridized carbons (Fsp3) is 0.471. The number of ether oxygens (including phenoxy) is 1. The number of amides is 2. The van der Waals surface area contributed by atoms with E-state index < -0.39 is 11.8 Å². The lowest BCUT2D eigenvalue weighted by atomic mass is 9.95. The first-order valence-electron chi connectivity index (χ1n) is 8.20. The van der Waals surface area contributed by atoms with Gasteiger partial charge in [0.25, 0.3) is 0 Å². The number of phenolic OH excluding ortho intramolecular Hbond substituents is 1. The quantitative estimate of drug-likeness (QED) is 0.434. The number of hydrazone groups is 1. The van der Waals surface area contributed by atoms with Gasteiger partial charge in [-0.25, -0.2) is 5.43 Å². The molecule has 0 bridgehead atoms. The summed E-state index contributed by atoms with van der Waals surface area (Å²) in [6.45, 7) is 2.23. The fourth-order valence-electron chi connectivity index (χ4n) is 2.60. The third kappa shape index (κ3) is 5.26. The zero-order valence-corrected chi connectivity index (χ0v) is 13.7. The van der Waals surface area contributed by atoms with Crippen LogP contribution in [0.25, 0.3) is 0 Å². The van der Waals surface area contributed by atoms with Crippen molar-refractivity contribution in [1.29, 1.82) is 0 Å². The molecular formula is C17H23N3O4. The Hall–Kier alpha value is -2.57. The molecule has 130 valence electrons. The normalized spacial score (nSPS) is 15.2. The van der Waals surface area contributed by atoms with E-state index in [0.29, 0.717) is 17.9 Å². The molecule has 0 radical (unpaired) electrons. The lowest BCUT2D eigenvalue weighted by Crippen LogP contribution is -2.44. The number of aromatic hydroxyl groups is 1. The second kappa shape index (κ2) is 8.90. The highest BCUT2D eigenvalue weighted by Crippen LogP contribution is 2.26. The highest BCUT2D eigenvalue weighted by atomic mass is 16.5. The molecule has 24 heavy (non-hydrogen) atoms. The van der Waals surface area contributed by atoms with Crippen LogP contribution in [0.3, 0.4) is 0 Å². The number of rotatable bonds is 5. The van der Waals surface area contributed by atoms with E-state index in [0.717, 1.165) is 25.7 Å². The molecule has 0 spiro atoms. The number of nitrogens with zero attached hydrogens (tertiary/aromatic N) is 1. The molecule has 0 aliphatic heterocycles. The van der Waals surface area contributed by atoms with Gasteiger partial charge in [0.2, 0.25) is 0 Å². The molecule has 0 saturated heterocycles. The first kappa shape index (κ1) is 17.8. The van der Waals surface area contributed by atoms with Gasteiger partial charge in [-0.05, 0) is 43.5 Å². The van der Waals surface area contributed by atoms with Crippen LogP contribution in [0.15, 0.2) is 23.3 Å². The van der Waals surface area contributed by atoms with Gasteiger partial charge in [0.15, 0.2) is 11.5 Å². The number of hydrogen-bond acceptors (Lipinski definition) is 5. The standard InChI is InChI=1S/C17H23N3O4/c1-2-24-15-10-12(8-9-14(15)21)11-18-20-17(23)16(22)19-13-6-4-3-5-7-13/h8-11,13,21H,2-7H2,1H3,(H,19,22)(H,20,23)/b18-11-. The average Bonchev–Trinajstić information content (AvgIpc) is 2.58. The molecule has 0 atom stereocenters. The van der Waals surface area contributed by atoms with Crippen molar-refractivity contribution >= 4 is 18.0 Å². The highest BCUT2D eigenvalue weighted by molar-refractivity contribution is 6.35. The van der Waals surface area contributed by atoms with Gasteiger partial charge in [-0.15, -0.1) is 0 Å². The van der Waals surface area contributed by atoms with Crippen molar-refractivity contribution in [3.8, 4) is 11.5 Å². The summed E-state index contributed by atoms with van der Waals surface area (Å²) in [5, 5.41) is 16.1. The lowest BCUT2D eigenvalue weighted by molar-refractivity contribution is -0.139. The summed E-state index contributed by atoms with van der Waals surface area (Å²) in [5.74, 6) is -1.09. The Bertz CT molecular complexity index is 610. The molecule has 1 saturated carbocycles. The highest BCUT2D eigenvalue weighted by Gasteiger charge is 2.19. The lowest BCUT2D eigenvalue weighted by Gasteiger charge is -2.22. The van der Waals surface area contributed by atoms with Gasteiger partial charge in [-0.3, -0.25) is 9.59 Å². The molecule has 1 aliphatic carbocycles. The van der Waals surface area contributed by atoms with E-state index in [1.807, 2.05) is 6.92 Å². The van der Waals surface area contributed by atoms with Crippen molar-refractivity contribution in [3.63, 3.8) is 0 Å². The molecule has 0 aromatic heterocycles. The second-order valence-electron chi connectivity index (χ2n) is 5.67. The predicted octanol–water partition coefficient (Wildman–Crippen LogP) is 1.69. The van der Waals surface area contributed by atoms with Gasteiger partial charge < -0.3 is 15.2 Å². The van der Waals surface area contributed by atoms with Gasteiger partial charge in [0.1, 0.15) is 0 Å². The maximum Gasteiger partial charge on any atom is 0.329 e. The van der Waals surface area contributed by atoms with Crippen LogP contribution in [0.5, 0.6) is 11.5 Å². The van der Waals surface area contributed by atoms with E-state index in [1.165, 1.54) is 18.7 Å². The maximum absolute atomic E-state index is 11.8. The fourth-order valence-corrected chi connectivity index (χ4v) is 2.60. The summed E-state index contributed by atoms with van der Waals surface area (Å²) < 4.78 is 5.26. The molecule has 0 heterocycles. The van der Waals surface area contributed by atoms with E-state index >= 15 is 0 Å². The maximum atomic E-state index is 11.8. The third-order valence-corrected chi connectivity index (χ3v) is 3.81. The van der Waals surface area contributed by atoms with Crippen LogP contribution >= 0.6 is 0 Å². The molecule has 1 fully saturated rings. The molecule has 7 nitrogen and oxygen atoms in total. The van der Waals surface area contributed by atoms with E-state index in [1.54, 1.807) is 12.1 Å². The molecular weight excluding hydrogens is 310 g/mol. The number of phenols is 1. The minimum absolute atomic E-state index is 0.0323. The number of carbonyl (C=O) groups is 2. The zero-order valence-electron chi connectivity index (χ0n) is 13.7. The Kier molecular flexibility index (Phi) is 6.60. The molecule has 1 aliphatic rings. The van der Waals surface area contributed by atoms with Crippen molar-refractivity contribution in [3.05, 3.63) is 23.8 Å². The van der Waals surface area contributed by atoms with E-state index in [9.17, 15) is 14.7 Å². The Morgan fingerprint density at radius 3 is 2.75 bits per heavy atom. The number of hydrogen-bond donors (Lipinski definition) is 3. The van der Waals surface area contributed by atoms with Gasteiger partial charge in [-0.2, -0.15) is 5.10 Å². The van der Waals surface area contributed by atoms with Crippen molar-refractivity contribution in [1.82, 2.24) is 10.7 Å². The van der Waals surface area contributed by atoms with Gasteiger partial charge in [-0.1, -0.05) is 19.3 Å². The van der Waals surface area contributed by atoms with Crippen LogP contribution in [-0.4, -0.2) is 35.8 Å². The second-order valence-corrected chi connectivity index (χ2v) is 5.67.